The van der Waals surface area contributed by atoms with Crippen LogP contribution in [0, 0.1) is 0 Å². The highest BCUT2D eigenvalue weighted by atomic mass is 32.2. The maximum atomic E-state index is 13.0. The fraction of sp³-hybridized carbons (Fsp3) is 0.478. The van der Waals surface area contributed by atoms with Gasteiger partial charge in [0.25, 0.3) is 0 Å². The van der Waals surface area contributed by atoms with Gasteiger partial charge in [-0.3, -0.25) is 4.79 Å². The predicted octanol–water partition coefficient (Wildman–Crippen LogP) is 3.09. The Morgan fingerprint density at radius 3 is 2.58 bits per heavy atom. The van der Waals surface area contributed by atoms with Crippen LogP contribution >= 0.6 is 11.8 Å². The van der Waals surface area contributed by atoms with Crippen LogP contribution in [0.2, 0.25) is 0 Å². The molecule has 4 heterocycles. The summed E-state index contributed by atoms with van der Waals surface area (Å²) in [5, 5.41) is 0.638. The van der Waals surface area contributed by atoms with E-state index in [-0.39, 0.29) is 22.6 Å². The third-order valence-corrected chi connectivity index (χ3v) is 9.09. The van der Waals surface area contributed by atoms with Gasteiger partial charge in [0.1, 0.15) is 18.1 Å². The molecule has 1 aromatic heterocycles. The van der Waals surface area contributed by atoms with Gasteiger partial charge in [-0.25, -0.2) is 13.4 Å². The Balaban J connectivity index is 1.21. The minimum Gasteiger partial charge on any atom is -0.486 e. The second-order valence-corrected chi connectivity index (χ2v) is 11.3. The van der Waals surface area contributed by atoms with Crippen molar-refractivity contribution < 1.29 is 22.7 Å². The number of pyridine rings is 1. The zero-order chi connectivity index (χ0) is 22.8. The molecule has 0 N–H and O–H groups in total. The van der Waals surface area contributed by atoms with Gasteiger partial charge in [0, 0.05) is 25.8 Å². The Kier molecular flexibility index (Phi) is 6.49. The van der Waals surface area contributed by atoms with Crippen molar-refractivity contribution in [1.82, 2.24) is 14.2 Å². The highest BCUT2D eigenvalue weighted by Gasteiger charge is 2.31. The van der Waals surface area contributed by atoms with E-state index in [9.17, 15) is 13.2 Å². The van der Waals surface area contributed by atoms with Gasteiger partial charge < -0.3 is 14.4 Å². The molecule has 176 valence electrons. The van der Waals surface area contributed by atoms with Gasteiger partial charge in [-0.15, -0.1) is 0 Å². The van der Waals surface area contributed by atoms with E-state index >= 15 is 0 Å². The van der Waals surface area contributed by atoms with Gasteiger partial charge >= 0.3 is 0 Å². The topological polar surface area (TPSA) is 89.0 Å². The van der Waals surface area contributed by atoms with E-state index in [4.69, 9.17) is 9.47 Å². The first kappa shape index (κ1) is 22.5. The first-order chi connectivity index (χ1) is 16.0. The number of carbonyl (C=O) groups is 1. The normalized spacial score (nSPS) is 20.8. The van der Waals surface area contributed by atoms with Crippen molar-refractivity contribution in [3.63, 3.8) is 0 Å². The molecule has 1 aromatic carbocycles. The zero-order valence-electron chi connectivity index (χ0n) is 18.3. The molecule has 0 spiro atoms. The summed E-state index contributed by atoms with van der Waals surface area (Å²) in [5.74, 6) is 1.79. The molecule has 10 heteroatoms. The number of hydrogen-bond donors (Lipinski definition) is 0. The highest BCUT2D eigenvalue weighted by molar-refractivity contribution is 7.99. The number of likely N-dealkylation sites (tertiary alicyclic amines) is 1. The summed E-state index contributed by atoms with van der Waals surface area (Å²) in [6, 6.07) is 9.21. The number of aromatic nitrogens is 1. The standard InChI is InChI=1S/C23H27N3O5S2/c27-23(16-32-22-8-6-18(15-24-22)33(28,29)25-9-1-2-10-25)26-11-3-4-19(26)17-5-7-20-21(14-17)31-13-12-30-20/h5-8,14-15,19H,1-4,9-13,16H2/t19-/m0/s1. The molecule has 5 rings (SSSR count). The summed E-state index contributed by atoms with van der Waals surface area (Å²) < 4.78 is 38.1. The Morgan fingerprint density at radius 1 is 1.03 bits per heavy atom. The minimum atomic E-state index is -3.48. The van der Waals surface area contributed by atoms with Gasteiger partial charge in [-0.05, 0) is 55.5 Å². The van der Waals surface area contributed by atoms with E-state index in [0.717, 1.165) is 49.3 Å². The monoisotopic (exact) mass is 489 g/mol. The molecule has 1 atom stereocenters. The van der Waals surface area contributed by atoms with Crippen LogP contribution in [0.4, 0.5) is 0 Å². The van der Waals surface area contributed by atoms with E-state index in [1.165, 1.54) is 22.3 Å². The molecule has 2 fully saturated rings. The average molecular weight is 490 g/mol. The van der Waals surface area contributed by atoms with E-state index in [1.807, 2.05) is 23.1 Å². The van der Waals surface area contributed by atoms with Crippen molar-refractivity contribution in [1.29, 1.82) is 0 Å². The first-order valence-corrected chi connectivity index (χ1v) is 13.7. The number of benzene rings is 1. The maximum absolute atomic E-state index is 13.0. The molecule has 3 aliphatic heterocycles. The molecule has 0 saturated carbocycles. The number of hydrogen-bond acceptors (Lipinski definition) is 7. The zero-order valence-corrected chi connectivity index (χ0v) is 19.9. The van der Waals surface area contributed by atoms with Gasteiger partial charge in [-0.1, -0.05) is 17.8 Å². The summed E-state index contributed by atoms with van der Waals surface area (Å²) >= 11 is 1.33. The lowest BCUT2D eigenvalue weighted by atomic mass is 10.0. The average Bonchev–Trinajstić information content (AvgIpc) is 3.55. The lowest BCUT2D eigenvalue weighted by molar-refractivity contribution is -0.129. The second-order valence-electron chi connectivity index (χ2n) is 8.38. The maximum Gasteiger partial charge on any atom is 0.244 e. The summed E-state index contributed by atoms with van der Waals surface area (Å²) in [4.78, 5) is 19.4. The van der Waals surface area contributed by atoms with Gasteiger partial charge in [-0.2, -0.15) is 4.31 Å². The van der Waals surface area contributed by atoms with E-state index < -0.39 is 10.0 Å². The minimum absolute atomic E-state index is 0.0230. The van der Waals surface area contributed by atoms with Crippen molar-refractivity contribution in [2.45, 2.75) is 41.6 Å². The van der Waals surface area contributed by atoms with Crippen molar-refractivity contribution in [2.75, 3.05) is 38.6 Å². The molecule has 0 aliphatic carbocycles. The van der Waals surface area contributed by atoms with Crippen LogP contribution in [0.25, 0.3) is 0 Å². The van der Waals surface area contributed by atoms with Crippen molar-refractivity contribution in [3.8, 4) is 11.5 Å². The Labute approximate surface area is 198 Å². The van der Waals surface area contributed by atoms with Gasteiger partial charge in [0.2, 0.25) is 15.9 Å². The first-order valence-electron chi connectivity index (χ1n) is 11.3. The van der Waals surface area contributed by atoms with Crippen molar-refractivity contribution in [2.24, 2.45) is 0 Å². The Hall–Kier alpha value is -2.30. The summed E-state index contributed by atoms with van der Waals surface area (Å²) in [7, 11) is -3.48. The molecule has 1 amide bonds. The summed E-state index contributed by atoms with van der Waals surface area (Å²) in [6.45, 7) is 2.93. The molecule has 33 heavy (non-hydrogen) atoms. The number of rotatable bonds is 6. The van der Waals surface area contributed by atoms with Gasteiger partial charge in [0.05, 0.1) is 16.8 Å². The van der Waals surface area contributed by atoms with Crippen LogP contribution < -0.4 is 9.47 Å². The highest BCUT2D eigenvalue weighted by Crippen LogP contribution is 2.38. The van der Waals surface area contributed by atoms with E-state index in [1.54, 1.807) is 12.1 Å². The third-order valence-electron chi connectivity index (χ3n) is 6.28. The second kappa shape index (κ2) is 9.52. The fourth-order valence-electron chi connectivity index (χ4n) is 4.58. The molecule has 0 radical (unpaired) electrons. The molecule has 0 bridgehead atoms. The molecular weight excluding hydrogens is 462 g/mol. The summed E-state index contributed by atoms with van der Waals surface area (Å²) in [6.07, 6.45) is 5.06. The van der Waals surface area contributed by atoms with E-state index in [2.05, 4.69) is 4.98 Å². The fourth-order valence-corrected chi connectivity index (χ4v) is 6.77. The van der Waals surface area contributed by atoms with Crippen LogP contribution in [-0.4, -0.2) is 67.1 Å². The molecule has 2 saturated heterocycles. The number of carbonyl (C=O) groups excluding carboxylic acids is 1. The number of nitrogens with zero attached hydrogens (tertiary/aromatic N) is 3. The lowest BCUT2D eigenvalue weighted by Gasteiger charge is -2.26. The lowest BCUT2D eigenvalue weighted by Crippen LogP contribution is -2.32. The molecule has 3 aliphatic rings. The predicted molar refractivity (Wildman–Crippen MR) is 124 cm³/mol. The number of sulfonamides is 1. The number of ether oxygens (including phenoxy) is 2. The van der Waals surface area contributed by atoms with Crippen LogP contribution in [0.3, 0.4) is 0 Å². The third kappa shape index (κ3) is 4.69. The van der Waals surface area contributed by atoms with Crippen molar-refractivity contribution >= 4 is 27.7 Å². The molecule has 2 aromatic rings. The SMILES string of the molecule is O=C(CSc1ccc(S(=O)(=O)N2CCCC2)cn1)N1CCC[C@H]1c1ccc2c(c1)OCCO2. The van der Waals surface area contributed by atoms with Gasteiger partial charge in [0.15, 0.2) is 11.5 Å². The molecule has 0 unspecified atom stereocenters. The number of amides is 1. The van der Waals surface area contributed by atoms with Crippen molar-refractivity contribution in [3.05, 3.63) is 42.1 Å². The van der Waals surface area contributed by atoms with Crippen LogP contribution in [0.5, 0.6) is 11.5 Å². The largest absolute Gasteiger partial charge is 0.486 e. The quantitative estimate of drug-likeness (QED) is 0.576. The van der Waals surface area contributed by atoms with E-state index in [0.29, 0.717) is 31.3 Å². The van der Waals surface area contributed by atoms with Crippen LogP contribution in [-0.2, 0) is 14.8 Å². The number of fused-ring (bicyclic) bond motifs is 1. The number of thioether (sulfide) groups is 1. The van der Waals surface area contributed by atoms with Crippen LogP contribution in [0.15, 0.2) is 46.5 Å². The smallest absolute Gasteiger partial charge is 0.244 e. The Bertz CT molecular complexity index is 1120. The summed E-state index contributed by atoms with van der Waals surface area (Å²) in [5.41, 5.74) is 1.06. The van der Waals surface area contributed by atoms with Crippen LogP contribution in [0.1, 0.15) is 37.3 Å². The Morgan fingerprint density at radius 2 is 1.82 bits per heavy atom. The molecular formula is C23H27N3O5S2. The molecule has 8 nitrogen and oxygen atoms in total.